The Bertz CT molecular complexity index is 523. The van der Waals surface area contributed by atoms with Crippen LogP contribution in [0.2, 0.25) is 0 Å². The Kier molecular flexibility index (Phi) is 5.95. The predicted molar refractivity (Wildman–Crippen MR) is 82.5 cm³/mol. The molecule has 0 saturated carbocycles. The van der Waals surface area contributed by atoms with Crippen LogP contribution in [0.15, 0.2) is 24.3 Å². The molecule has 0 aliphatic carbocycles. The van der Waals surface area contributed by atoms with Gasteiger partial charge in [-0.3, -0.25) is 9.59 Å². The Balaban J connectivity index is 2.01. The number of amides is 1. The Morgan fingerprint density at radius 3 is 2.77 bits per heavy atom. The van der Waals surface area contributed by atoms with Gasteiger partial charge in [0, 0.05) is 6.61 Å². The molecule has 1 aliphatic rings. The van der Waals surface area contributed by atoms with Crippen molar-refractivity contribution in [1.82, 2.24) is 5.32 Å². The maximum Gasteiger partial charge on any atom is 0.305 e. The molecule has 0 aromatic heterocycles. The molecular formula is C17H23NO4. The fourth-order valence-electron chi connectivity index (χ4n) is 2.82. The molecule has 2 unspecified atom stereocenters. The molecule has 1 saturated heterocycles. The molecule has 1 aromatic rings. The first kappa shape index (κ1) is 16.5. The van der Waals surface area contributed by atoms with E-state index in [4.69, 9.17) is 9.84 Å². The molecule has 120 valence electrons. The lowest BCUT2D eigenvalue weighted by atomic mass is 9.98. The van der Waals surface area contributed by atoms with E-state index in [2.05, 4.69) is 5.32 Å². The number of carbonyl (C=O) groups excluding carboxylic acids is 1. The van der Waals surface area contributed by atoms with Gasteiger partial charge in [-0.15, -0.1) is 0 Å². The summed E-state index contributed by atoms with van der Waals surface area (Å²) >= 11 is 0. The van der Waals surface area contributed by atoms with Crippen molar-refractivity contribution in [3.05, 3.63) is 35.4 Å². The minimum atomic E-state index is -0.928. The summed E-state index contributed by atoms with van der Waals surface area (Å²) in [6, 6.07) is 7.03. The largest absolute Gasteiger partial charge is 0.481 e. The Labute approximate surface area is 130 Å². The molecule has 5 heteroatoms. The first-order chi connectivity index (χ1) is 10.6. The minimum absolute atomic E-state index is 0.0453. The summed E-state index contributed by atoms with van der Waals surface area (Å²) < 4.78 is 5.56. The van der Waals surface area contributed by atoms with Crippen molar-refractivity contribution in [1.29, 1.82) is 0 Å². The molecule has 0 bridgehead atoms. The van der Waals surface area contributed by atoms with Crippen molar-refractivity contribution in [2.75, 3.05) is 6.61 Å². The van der Waals surface area contributed by atoms with Crippen molar-refractivity contribution in [3.8, 4) is 0 Å². The van der Waals surface area contributed by atoms with E-state index in [1.807, 2.05) is 31.2 Å². The second-order valence-electron chi connectivity index (χ2n) is 5.77. The van der Waals surface area contributed by atoms with Gasteiger partial charge < -0.3 is 15.2 Å². The average Bonchev–Trinajstić information content (AvgIpc) is 2.47. The third-order valence-corrected chi connectivity index (χ3v) is 3.96. The highest BCUT2D eigenvalue weighted by Gasteiger charge is 2.22. The lowest BCUT2D eigenvalue weighted by Gasteiger charge is -2.24. The number of hydrogen-bond acceptors (Lipinski definition) is 3. The summed E-state index contributed by atoms with van der Waals surface area (Å²) in [5.74, 6) is -1.08. The van der Waals surface area contributed by atoms with E-state index >= 15 is 0 Å². The van der Waals surface area contributed by atoms with Crippen molar-refractivity contribution in [2.45, 2.75) is 51.2 Å². The fraction of sp³-hybridized carbons (Fsp3) is 0.529. The monoisotopic (exact) mass is 305 g/mol. The minimum Gasteiger partial charge on any atom is -0.481 e. The SMILES string of the molecule is Cc1ccccc1C(CC(=O)O)NC(=O)CC1CCCCO1. The van der Waals surface area contributed by atoms with Crippen LogP contribution in [0.3, 0.4) is 0 Å². The van der Waals surface area contributed by atoms with Crippen molar-refractivity contribution < 1.29 is 19.4 Å². The fourth-order valence-corrected chi connectivity index (χ4v) is 2.82. The van der Waals surface area contributed by atoms with E-state index in [1.165, 1.54) is 0 Å². The quantitative estimate of drug-likeness (QED) is 0.847. The molecule has 1 aliphatic heterocycles. The Hall–Kier alpha value is -1.88. The second kappa shape index (κ2) is 7.94. The van der Waals surface area contributed by atoms with Crippen LogP contribution in [0, 0.1) is 6.92 Å². The first-order valence-electron chi connectivity index (χ1n) is 7.74. The third-order valence-electron chi connectivity index (χ3n) is 3.96. The molecule has 1 fully saturated rings. The molecule has 2 atom stereocenters. The molecule has 5 nitrogen and oxygen atoms in total. The predicted octanol–water partition coefficient (Wildman–Crippen LogP) is 2.59. The maximum atomic E-state index is 12.2. The first-order valence-corrected chi connectivity index (χ1v) is 7.74. The summed E-state index contributed by atoms with van der Waals surface area (Å²) in [6.45, 7) is 2.62. The van der Waals surface area contributed by atoms with Gasteiger partial charge in [0.1, 0.15) is 0 Å². The third kappa shape index (κ3) is 4.84. The number of carboxylic acid groups (broad SMARTS) is 1. The lowest BCUT2D eigenvalue weighted by Crippen LogP contribution is -2.34. The van der Waals surface area contributed by atoms with E-state index in [0.717, 1.165) is 30.4 Å². The number of aryl methyl sites for hydroxylation is 1. The Morgan fingerprint density at radius 2 is 2.14 bits per heavy atom. The molecule has 1 aromatic carbocycles. The van der Waals surface area contributed by atoms with E-state index in [1.54, 1.807) is 0 Å². The van der Waals surface area contributed by atoms with E-state index in [0.29, 0.717) is 13.0 Å². The summed E-state index contributed by atoms with van der Waals surface area (Å²) in [6.07, 6.45) is 3.14. The number of rotatable bonds is 6. The number of ether oxygens (including phenoxy) is 1. The molecule has 22 heavy (non-hydrogen) atoms. The van der Waals surface area contributed by atoms with Crippen LogP contribution in [0.5, 0.6) is 0 Å². The van der Waals surface area contributed by atoms with Gasteiger partial charge in [0.2, 0.25) is 5.91 Å². The zero-order valence-electron chi connectivity index (χ0n) is 12.9. The summed E-state index contributed by atoms with van der Waals surface area (Å²) in [4.78, 5) is 23.3. The average molecular weight is 305 g/mol. The zero-order chi connectivity index (χ0) is 15.9. The van der Waals surface area contributed by atoms with Crippen LogP contribution >= 0.6 is 0 Å². The van der Waals surface area contributed by atoms with Crippen molar-refractivity contribution in [3.63, 3.8) is 0 Å². The Morgan fingerprint density at radius 1 is 1.36 bits per heavy atom. The van der Waals surface area contributed by atoms with E-state index in [-0.39, 0.29) is 18.4 Å². The van der Waals surface area contributed by atoms with Gasteiger partial charge >= 0.3 is 5.97 Å². The number of carboxylic acids is 1. The van der Waals surface area contributed by atoms with Gasteiger partial charge in [-0.05, 0) is 37.3 Å². The number of aliphatic carboxylic acids is 1. The van der Waals surface area contributed by atoms with Crippen LogP contribution in [0.4, 0.5) is 0 Å². The number of carbonyl (C=O) groups is 2. The lowest BCUT2D eigenvalue weighted by molar-refractivity contribution is -0.137. The van der Waals surface area contributed by atoms with Gasteiger partial charge in [0.25, 0.3) is 0 Å². The number of benzene rings is 1. The van der Waals surface area contributed by atoms with Crippen LogP contribution < -0.4 is 5.32 Å². The molecule has 1 heterocycles. The molecule has 2 N–H and O–H groups in total. The van der Waals surface area contributed by atoms with E-state index < -0.39 is 12.0 Å². The van der Waals surface area contributed by atoms with Gasteiger partial charge in [-0.1, -0.05) is 24.3 Å². The molecule has 2 rings (SSSR count). The second-order valence-corrected chi connectivity index (χ2v) is 5.77. The summed E-state index contributed by atoms with van der Waals surface area (Å²) in [5, 5.41) is 11.9. The van der Waals surface area contributed by atoms with Gasteiger partial charge in [0.15, 0.2) is 0 Å². The zero-order valence-corrected chi connectivity index (χ0v) is 12.9. The van der Waals surface area contributed by atoms with Gasteiger partial charge in [0.05, 0.1) is 25.0 Å². The highest BCUT2D eigenvalue weighted by atomic mass is 16.5. The molecular weight excluding hydrogens is 282 g/mol. The van der Waals surface area contributed by atoms with Crippen LogP contribution in [-0.4, -0.2) is 29.7 Å². The maximum absolute atomic E-state index is 12.2. The molecule has 1 amide bonds. The normalized spacial score (nSPS) is 19.4. The van der Waals surface area contributed by atoms with Crippen molar-refractivity contribution in [2.24, 2.45) is 0 Å². The number of nitrogens with one attached hydrogen (secondary N) is 1. The summed E-state index contributed by atoms with van der Waals surface area (Å²) in [7, 11) is 0. The number of hydrogen-bond donors (Lipinski definition) is 2. The van der Waals surface area contributed by atoms with E-state index in [9.17, 15) is 9.59 Å². The standard InChI is InChI=1S/C17H23NO4/c1-12-6-2-3-8-14(12)15(11-17(20)21)18-16(19)10-13-7-4-5-9-22-13/h2-3,6,8,13,15H,4-5,7,9-11H2,1H3,(H,18,19)(H,20,21). The molecule has 0 spiro atoms. The van der Waals surface area contributed by atoms with Gasteiger partial charge in [-0.2, -0.15) is 0 Å². The van der Waals surface area contributed by atoms with Gasteiger partial charge in [-0.25, -0.2) is 0 Å². The topological polar surface area (TPSA) is 75.6 Å². The highest BCUT2D eigenvalue weighted by Crippen LogP contribution is 2.22. The van der Waals surface area contributed by atoms with Crippen molar-refractivity contribution >= 4 is 11.9 Å². The summed E-state index contributed by atoms with van der Waals surface area (Å²) in [5.41, 5.74) is 1.82. The van der Waals surface area contributed by atoms with Crippen LogP contribution in [0.1, 0.15) is 49.3 Å². The highest BCUT2D eigenvalue weighted by molar-refractivity contribution is 5.78. The van der Waals surface area contributed by atoms with Crippen LogP contribution in [0.25, 0.3) is 0 Å². The smallest absolute Gasteiger partial charge is 0.305 e. The molecule has 0 radical (unpaired) electrons. The van der Waals surface area contributed by atoms with Crippen LogP contribution in [-0.2, 0) is 14.3 Å².